The van der Waals surface area contributed by atoms with Gasteiger partial charge in [0.1, 0.15) is 5.82 Å². The van der Waals surface area contributed by atoms with Gasteiger partial charge in [-0.05, 0) is 31.2 Å². The highest BCUT2D eigenvalue weighted by atomic mass is 35.5. The standard InChI is InChI=1S/C15H14ClFN2O3S/c1-10-6-8-11(9-7-10)23(21,22)19(2)18-15(20)14-12(16)4-3-5-13(14)17/h3-9H,1-2H3,(H,18,20). The van der Waals surface area contributed by atoms with Crippen LogP contribution in [0.1, 0.15) is 15.9 Å². The van der Waals surface area contributed by atoms with E-state index in [0.29, 0.717) is 4.41 Å². The summed E-state index contributed by atoms with van der Waals surface area (Å²) < 4.78 is 39.1. The fourth-order valence-corrected chi connectivity index (χ4v) is 3.09. The molecule has 0 saturated carbocycles. The molecule has 1 N–H and O–H groups in total. The van der Waals surface area contributed by atoms with E-state index in [0.717, 1.165) is 18.7 Å². The molecule has 2 aromatic rings. The van der Waals surface area contributed by atoms with Crippen LogP contribution in [0.5, 0.6) is 0 Å². The van der Waals surface area contributed by atoms with Crippen LogP contribution in [-0.4, -0.2) is 25.8 Å². The van der Waals surface area contributed by atoms with E-state index in [1.54, 1.807) is 12.1 Å². The Morgan fingerprint density at radius 2 is 1.78 bits per heavy atom. The maximum absolute atomic E-state index is 13.7. The quantitative estimate of drug-likeness (QED) is 0.856. The molecular formula is C15H14ClFN2O3S. The average Bonchev–Trinajstić information content (AvgIpc) is 2.47. The number of carbonyl (C=O) groups is 1. The second-order valence-corrected chi connectivity index (χ2v) is 7.20. The van der Waals surface area contributed by atoms with Crippen molar-refractivity contribution in [1.82, 2.24) is 9.84 Å². The van der Waals surface area contributed by atoms with Gasteiger partial charge in [-0.15, -0.1) is 4.41 Å². The van der Waals surface area contributed by atoms with Gasteiger partial charge in [-0.2, -0.15) is 0 Å². The van der Waals surface area contributed by atoms with Crippen LogP contribution < -0.4 is 5.43 Å². The van der Waals surface area contributed by atoms with Gasteiger partial charge in [0.2, 0.25) is 0 Å². The minimum absolute atomic E-state index is 0.00512. The first-order valence-corrected chi connectivity index (χ1v) is 8.36. The van der Waals surface area contributed by atoms with Gasteiger partial charge < -0.3 is 0 Å². The molecule has 0 spiro atoms. The highest BCUT2D eigenvalue weighted by Gasteiger charge is 2.25. The topological polar surface area (TPSA) is 66.5 Å². The van der Waals surface area contributed by atoms with Crippen molar-refractivity contribution in [3.8, 4) is 0 Å². The van der Waals surface area contributed by atoms with Crippen LogP contribution >= 0.6 is 11.6 Å². The van der Waals surface area contributed by atoms with Gasteiger partial charge in [0.25, 0.3) is 15.9 Å². The van der Waals surface area contributed by atoms with Crippen molar-refractivity contribution in [3.05, 3.63) is 64.4 Å². The van der Waals surface area contributed by atoms with Crippen molar-refractivity contribution in [2.75, 3.05) is 7.05 Å². The molecule has 0 fully saturated rings. The predicted molar refractivity (Wildman–Crippen MR) is 85.0 cm³/mol. The predicted octanol–water partition coefficient (Wildman–Crippen LogP) is 2.75. The molecule has 1 amide bonds. The molecule has 23 heavy (non-hydrogen) atoms. The minimum Gasteiger partial charge on any atom is -0.271 e. The molecule has 2 aromatic carbocycles. The summed E-state index contributed by atoms with van der Waals surface area (Å²) in [6.07, 6.45) is 0. The summed E-state index contributed by atoms with van der Waals surface area (Å²) in [7, 11) is -2.79. The van der Waals surface area contributed by atoms with E-state index in [1.807, 2.05) is 6.92 Å². The third-order valence-corrected chi connectivity index (χ3v) is 5.12. The second-order valence-electron chi connectivity index (χ2n) is 4.82. The van der Waals surface area contributed by atoms with E-state index >= 15 is 0 Å². The minimum atomic E-state index is -3.95. The Morgan fingerprint density at radius 3 is 2.35 bits per heavy atom. The summed E-state index contributed by atoms with van der Waals surface area (Å²) in [5.74, 6) is -1.79. The average molecular weight is 357 g/mol. The Bertz CT molecular complexity index is 818. The Labute approximate surface area is 138 Å². The lowest BCUT2D eigenvalue weighted by Crippen LogP contribution is -2.43. The van der Waals surface area contributed by atoms with Crippen molar-refractivity contribution in [2.24, 2.45) is 0 Å². The Hall–Kier alpha value is -1.96. The van der Waals surface area contributed by atoms with Crippen LogP contribution in [0.15, 0.2) is 47.4 Å². The zero-order valence-electron chi connectivity index (χ0n) is 12.4. The lowest BCUT2D eigenvalue weighted by Gasteiger charge is -2.18. The number of nitrogens with one attached hydrogen (secondary N) is 1. The molecule has 5 nitrogen and oxygen atoms in total. The SMILES string of the molecule is Cc1ccc(S(=O)(=O)N(C)NC(=O)c2c(F)cccc2Cl)cc1. The number of carbonyl (C=O) groups excluding carboxylic acids is 1. The van der Waals surface area contributed by atoms with Crippen LogP contribution in [0.3, 0.4) is 0 Å². The number of hydrazine groups is 1. The molecule has 0 unspecified atom stereocenters. The summed E-state index contributed by atoms with van der Waals surface area (Å²) in [4.78, 5) is 12.1. The first-order chi connectivity index (χ1) is 10.7. The number of hydrogen-bond donors (Lipinski definition) is 1. The Balaban J connectivity index is 2.26. The summed E-state index contributed by atoms with van der Waals surface area (Å²) >= 11 is 5.79. The fraction of sp³-hybridized carbons (Fsp3) is 0.133. The first-order valence-electron chi connectivity index (χ1n) is 6.54. The van der Waals surface area contributed by atoms with E-state index in [-0.39, 0.29) is 9.92 Å². The van der Waals surface area contributed by atoms with Gasteiger partial charge in [-0.1, -0.05) is 35.4 Å². The molecule has 8 heteroatoms. The highest BCUT2D eigenvalue weighted by Crippen LogP contribution is 2.19. The number of hydrogen-bond acceptors (Lipinski definition) is 3. The third kappa shape index (κ3) is 3.69. The molecule has 122 valence electrons. The van der Waals surface area contributed by atoms with Crippen LogP contribution in [0.25, 0.3) is 0 Å². The monoisotopic (exact) mass is 356 g/mol. The van der Waals surface area contributed by atoms with Gasteiger partial charge in [0.15, 0.2) is 0 Å². The Morgan fingerprint density at radius 1 is 1.17 bits per heavy atom. The van der Waals surface area contributed by atoms with Crippen molar-refractivity contribution >= 4 is 27.5 Å². The zero-order valence-corrected chi connectivity index (χ0v) is 14.0. The lowest BCUT2D eigenvalue weighted by atomic mass is 10.2. The zero-order chi connectivity index (χ0) is 17.2. The fourth-order valence-electron chi connectivity index (χ4n) is 1.84. The molecule has 0 atom stereocenters. The maximum Gasteiger partial charge on any atom is 0.270 e. The van der Waals surface area contributed by atoms with E-state index in [1.165, 1.54) is 24.3 Å². The summed E-state index contributed by atoms with van der Waals surface area (Å²) in [6.45, 7) is 1.82. The number of nitrogens with zero attached hydrogens (tertiary/aromatic N) is 1. The van der Waals surface area contributed by atoms with Crippen molar-refractivity contribution in [2.45, 2.75) is 11.8 Å². The number of benzene rings is 2. The number of sulfonamides is 1. The smallest absolute Gasteiger partial charge is 0.270 e. The number of amides is 1. The van der Waals surface area contributed by atoms with Gasteiger partial charge in [0.05, 0.1) is 15.5 Å². The second kappa shape index (κ2) is 6.66. The molecule has 0 aliphatic carbocycles. The summed E-state index contributed by atoms with van der Waals surface area (Å²) in [5.41, 5.74) is 2.59. The van der Waals surface area contributed by atoms with Gasteiger partial charge in [-0.3, -0.25) is 10.2 Å². The molecular weight excluding hydrogens is 343 g/mol. The summed E-state index contributed by atoms with van der Waals surface area (Å²) in [5, 5.41) is -0.108. The van der Waals surface area contributed by atoms with E-state index in [2.05, 4.69) is 5.43 Å². The normalized spacial score (nSPS) is 11.5. The lowest BCUT2D eigenvalue weighted by molar-refractivity contribution is 0.0889. The van der Waals surface area contributed by atoms with Crippen molar-refractivity contribution in [1.29, 1.82) is 0 Å². The Kier molecular flexibility index (Phi) is 5.03. The maximum atomic E-state index is 13.7. The molecule has 0 saturated heterocycles. The molecule has 2 rings (SSSR count). The molecule has 0 heterocycles. The number of halogens is 2. The van der Waals surface area contributed by atoms with Crippen LogP contribution in [-0.2, 0) is 10.0 Å². The van der Waals surface area contributed by atoms with E-state index in [9.17, 15) is 17.6 Å². The van der Waals surface area contributed by atoms with Crippen molar-refractivity contribution in [3.63, 3.8) is 0 Å². The van der Waals surface area contributed by atoms with E-state index < -0.39 is 27.3 Å². The van der Waals surface area contributed by atoms with Gasteiger partial charge in [0, 0.05) is 7.05 Å². The third-order valence-electron chi connectivity index (χ3n) is 3.13. The van der Waals surface area contributed by atoms with Crippen molar-refractivity contribution < 1.29 is 17.6 Å². The molecule has 0 aromatic heterocycles. The number of rotatable bonds is 4. The molecule has 0 radical (unpaired) electrons. The molecule has 0 aliphatic rings. The van der Waals surface area contributed by atoms with Crippen LogP contribution in [0.2, 0.25) is 5.02 Å². The van der Waals surface area contributed by atoms with Gasteiger partial charge in [-0.25, -0.2) is 12.8 Å². The largest absolute Gasteiger partial charge is 0.271 e. The highest BCUT2D eigenvalue weighted by molar-refractivity contribution is 7.89. The first kappa shape index (κ1) is 17.4. The van der Waals surface area contributed by atoms with E-state index in [4.69, 9.17) is 11.6 Å². The number of aryl methyl sites for hydroxylation is 1. The van der Waals surface area contributed by atoms with Crippen LogP contribution in [0, 0.1) is 12.7 Å². The molecule has 0 aliphatic heterocycles. The summed E-state index contributed by atoms with van der Waals surface area (Å²) in [6, 6.07) is 9.86. The van der Waals surface area contributed by atoms with Gasteiger partial charge >= 0.3 is 0 Å². The van der Waals surface area contributed by atoms with Crippen LogP contribution in [0.4, 0.5) is 4.39 Å². The molecule has 0 bridgehead atoms.